The second kappa shape index (κ2) is 9.67. The number of morpholine rings is 1. The van der Waals surface area contributed by atoms with Gasteiger partial charge in [0.15, 0.2) is 0 Å². The smallest absolute Gasteiger partial charge is 0.242 e. The second-order valence-electron chi connectivity index (χ2n) is 7.92. The Balaban J connectivity index is 1.66. The molecule has 3 fully saturated rings. The molecule has 9 heteroatoms. The molecule has 2 heterocycles. The van der Waals surface area contributed by atoms with E-state index in [0.717, 1.165) is 45.7 Å². The third-order valence-electron chi connectivity index (χ3n) is 5.84. The maximum Gasteiger partial charge on any atom is 0.242 e. The van der Waals surface area contributed by atoms with E-state index in [1.54, 1.807) is 4.90 Å². The summed E-state index contributed by atoms with van der Waals surface area (Å²) in [6.45, 7) is 7.25. The van der Waals surface area contributed by atoms with Crippen LogP contribution in [0.2, 0.25) is 0 Å². The Morgan fingerprint density at radius 1 is 1.21 bits per heavy atom. The summed E-state index contributed by atoms with van der Waals surface area (Å²) in [5, 5.41) is 2.78. The predicted octanol–water partition coefficient (Wildman–Crippen LogP) is -1.38. The number of nitrogens with one attached hydrogen (secondary N) is 1. The summed E-state index contributed by atoms with van der Waals surface area (Å²) in [4.78, 5) is 43.4. The molecule has 3 amide bonds. The summed E-state index contributed by atoms with van der Waals surface area (Å²) in [5.41, 5.74) is 5.47. The first-order valence-corrected chi connectivity index (χ1v) is 10.4. The van der Waals surface area contributed by atoms with E-state index < -0.39 is 6.04 Å². The van der Waals surface area contributed by atoms with Gasteiger partial charge in [0, 0.05) is 58.7 Å². The van der Waals surface area contributed by atoms with Gasteiger partial charge in [-0.2, -0.15) is 0 Å². The van der Waals surface area contributed by atoms with Gasteiger partial charge in [-0.15, -0.1) is 0 Å². The molecule has 3 aliphatic rings. The minimum Gasteiger partial charge on any atom is -0.379 e. The number of nitrogens with zero attached hydrogens (tertiary/aromatic N) is 3. The Morgan fingerprint density at radius 3 is 2.54 bits per heavy atom. The van der Waals surface area contributed by atoms with Crippen LogP contribution in [0.5, 0.6) is 0 Å². The number of likely N-dealkylation sites (tertiary alicyclic amines) is 1. The molecular weight excluding hydrogens is 362 g/mol. The van der Waals surface area contributed by atoms with E-state index in [1.807, 2.05) is 4.90 Å². The van der Waals surface area contributed by atoms with E-state index in [-0.39, 0.29) is 29.7 Å². The van der Waals surface area contributed by atoms with Crippen LogP contribution in [0.15, 0.2) is 0 Å². The van der Waals surface area contributed by atoms with Gasteiger partial charge in [-0.3, -0.25) is 19.3 Å². The standard InChI is InChI=1S/C19H33N5O4/c1-14(25)24-13-16(12-17(24)18(26)21-5-4-20)23(19(27)15-2-3-15)7-6-22-8-10-28-11-9-22/h15-17H,2-13,20H2,1H3,(H,21,26). The fourth-order valence-corrected chi connectivity index (χ4v) is 4.06. The van der Waals surface area contributed by atoms with Crippen molar-refractivity contribution in [3.05, 3.63) is 0 Å². The monoisotopic (exact) mass is 395 g/mol. The highest BCUT2D eigenvalue weighted by molar-refractivity contribution is 5.88. The lowest BCUT2D eigenvalue weighted by atomic mass is 10.1. The summed E-state index contributed by atoms with van der Waals surface area (Å²) in [6, 6.07) is -0.654. The zero-order valence-corrected chi connectivity index (χ0v) is 16.8. The van der Waals surface area contributed by atoms with Crippen molar-refractivity contribution < 1.29 is 19.1 Å². The number of ether oxygens (including phenoxy) is 1. The van der Waals surface area contributed by atoms with Crippen molar-refractivity contribution in [1.82, 2.24) is 20.0 Å². The van der Waals surface area contributed by atoms with Gasteiger partial charge in [0.25, 0.3) is 0 Å². The molecule has 2 aliphatic heterocycles. The van der Waals surface area contributed by atoms with Crippen LogP contribution >= 0.6 is 0 Å². The predicted molar refractivity (Wildman–Crippen MR) is 103 cm³/mol. The molecule has 2 unspecified atom stereocenters. The average molecular weight is 396 g/mol. The van der Waals surface area contributed by atoms with E-state index in [9.17, 15) is 14.4 Å². The van der Waals surface area contributed by atoms with Crippen LogP contribution in [0.3, 0.4) is 0 Å². The molecule has 0 radical (unpaired) electrons. The topological polar surface area (TPSA) is 108 Å². The van der Waals surface area contributed by atoms with E-state index in [0.29, 0.717) is 32.6 Å². The Kier molecular flexibility index (Phi) is 7.25. The van der Waals surface area contributed by atoms with Crippen molar-refractivity contribution in [2.24, 2.45) is 11.7 Å². The largest absolute Gasteiger partial charge is 0.379 e. The average Bonchev–Trinajstić information content (AvgIpc) is 3.45. The molecule has 1 saturated carbocycles. The maximum absolute atomic E-state index is 13.0. The molecule has 0 aromatic rings. The number of amides is 3. The van der Waals surface area contributed by atoms with Crippen LogP contribution in [0.1, 0.15) is 26.2 Å². The molecule has 1 aliphatic carbocycles. The van der Waals surface area contributed by atoms with Gasteiger partial charge in [0.05, 0.1) is 19.3 Å². The van der Waals surface area contributed by atoms with E-state index >= 15 is 0 Å². The van der Waals surface area contributed by atoms with Crippen molar-refractivity contribution in [1.29, 1.82) is 0 Å². The van der Waals surface area contributed by atoms with Gasteiger partial charge >= 0.3 is 0 Å². The molecule has 28 heavy (non-hydrogen) atoms. The molecule has 0 aromatic heterocycles. The Labute approximate surface area is 166 Å². The minimum absolute atomic E-state index is 0.112. The normalized spacial score (nSPS) is 25.6. The van der Waals surface area contributed by atoms with Crippen molar-refractivity contribution in [3.8, 4) is 0 Å². The number of carbonyl (C=O) groups is 3. The van der Waals surface area contributed by atoms with Crippen molar-refractivity contribution in [2.75, 3.05) is 59.0 Å². The van der Waals surface area contributed by atoms with Crippen LogP contribution in [0.4, 0.5) is 0 Å². The molecule has 0 bridgehead atoms. The number of nitrogens with two attached hydrogens (primary N) is 1. The molecule has 3 rings (SSSR count). The van der Waals surface area contributed by atoms with Crippen molar-refractivity contribution in [2.45, 2.75) is 38.3 Å². The summed E-state index contributed by atoms with van der Waals surface area (Å²) >= 11 is 0. The minimum atomic E-state index is -0.535. The first kappa shape index (κ1) is 21.0. The highest BCUT2D eigenvalue weighted by atomic mass is 16.5. The van der Waals surface area contributed by atoms with Crippen molar-refractivity contribution in [3.63, 3.8) is 0 Å². The summed E-state index contributed by atoms with van der Waals surface area (Å²) in [6.07, 6.45) is 2.37. The fourth-order valence-electron chi connectivity index (χ4n) is 4.06. The number of hydrogen-bond donors (Lipinski definition) is 2. The molecule has 158 valence electrons. The van der Waals surface area contributed by atoms with Gasteiger partial charge in [-0.05, 0) is 19.3 Å². The lowest BCUT2D eigenvalue weighted by Gasteiger charge is -2.33. The van der Waals surface area contributed by atoms with Crippen LogP contribution in [-0.4, -0.2) is 104 Å². The number of hydrogen-bond acceptors (Lipinski definition) is 6. The lowest BCUT2D eigenvalue weighted by Crippen LogP contribution is -2.48. The van der Waals surface area contributed by atoms with Crippen LogP contribution in [0.25, 0.3) is 0 Å². The van der Waals surface area contributed by atoms with Crippen LogP contribution in [0, 0.1) is 5.92 Å². The zero-order chi connectivity index (χ0) is 20.1. The third-order valence-corrected chi connectivity index (χ3v) is 5.84. The lowest BCUT2D eigenvalue weighted by molar-refractivity contribution is -0.137. The van der Waals surface area contributed by atoms with Crippen LogP contribution in [-0.2, 0) is 19.1 Å². The van der Waals surface area contributed by atoms with Gasteiger partial charge in [0.2, 0.25) is 17.7 Å². The first-order valence-electron chi connectivity index (χ1n) is 10.4. The second-order valence-corrected chi connectivity index (χ2v) is 7.92. The fraction of sp³-hybridized carbons (Fsp3) is 0.842. The Morgan fingerprint density at radius 2 is 1.93 bits per heavy atom. The summed E-state index contributed by atoms with van der Waals surface area (Å²) < 4.78 is 5.40. The highest BCUT2D eigenvalue weighted by Gasteiger charge is 2.44. The molecule has 2 saturated heterocycles. The molecule has 3 N–H and O–H groups in total. The Bertz CT molecular complexity index is 577. The van der Waals surface area contributed by atoms with Gasteiger partial charge < -0.3 is 25.6 Å². The molecule has 2 atom stereocenters. The van der Waals surface area contributed by atoms with Gasteiger partial charge in [-0.25, -0.2) is 0 Å². The highest BCUT2D eigenvalue weighted by Crippen LogP contribution is 2.33. The van der Waals surface area contributed by atoms with Crippen LogP contribution < -0.4 is 11.1 Å². The summed E-state index contributed by atoms with van der Waals surface area (Å²) in [5.74, 6) is -0.0390. The maximum atomic E-state index is 13.0. The molecule has 9 nitrogen and oxygen atoms in total. The van der Waals surface area contributed by atoms with Crippen molar-refractivity contribution >= 4 is 17.7 Å². The number of carbonyl (C=O) groups excluding carboxylic acids is 3. The Hall–Kier alpha value is -1.71. The van der Waals surface area contributed by atoms with E-state index in [1.165, 1.54) is 6.92 Å². The number of rotatable bonds is 8. The molecular formula is C19H33N5O4. The molecule has 0 spiro atoms. The SMILES string of the molecule is CC(=O)N1CC(N(CCN2CCOCC2)C(=O)C2CC2)CC1C(=O)NCCN. The van der Waals surface area contributed by atoms with E-state index in [4.69, 9.17) is 10.5 Å². The van der Waals surface area contributed by atoms with Gasteiger partial charge in [-0.1, -0.05) is 0 Å². The zero-order valence-electron chi connectivity index (χ0n) is 16.8. The van der Waals surface area contributed by atoms with Gasteiger partial charge in [0.1, 0.15) is 6.04 Å². The summed E-state index contributed by atoms with van der Waals surface area (Å²) in [7, 11) is 0. The van der Waals surface area contributed by atoms with E-state index in [2.05, 4.69) is 10.2 Å². The quantitative estimate of drug-likeness (QED) is 0.525. The third kappa shape index (κ3) is 5.21. The first-order chi connectivity index (χ1) is 13.5. The molecule has 0 aromatic carbocycles.